The quantitative estimate of drug-likeness (QED) is 0.281. The lowest BCUT2D eigenvalue weighted by Crippen LogP contribution is -2.31. The van der Waals surface area contributed by atoms with Crippen LogP contribution in [0.25, 0.3) is 22.2 Å². The molecule has 0 saturated carbocycles. The number of benzene rings is 2. The topological polar surface area (TPSA) is 140 Å². The van der Waals surface area contributed by atoms with E-state index in [1.54, 1.807) is 6.07 Å². The summed E-state index contributed by atoms with van der Waals surface area (Å²) in [5.41, 5.74) is 10.7. The molecular formula is C28H25N5O4S. The molecule has 0 spiro atoms. The van der Waals surface area contributed by atoms with Gasteiger partial charge in [-0.1, -0.05) is 35.9 Å². The van der Waals surface area contributed by atoms with Crippen molar-refractivity contribution in [1.29, 1.82) is 0 Å². The number of nitrogen functional groups attached to an aromatic ring is 1. The van der Waals surface area contributed by atoms with E-state index in [-0.39, 0.29) is 22.3 Å². The van der Waals surface area contributed by atoms with Gasteiger partial charge in [0.05, 0.1) is 5.69 Å². The van der Waals surface area contributed by atoms with E-state index < -0.39 is 15.9 Å². The Balaban J connectivity index is 1.60. The second-order valence-electron chi connectivity index (χ2n) is 8.96. The third kappa shape index (κ3) is 4.81. The van der Waals surface area contributed by atoms with Crippen LogP contribution in [0.15, 0.2) is 78.0 Å². The van der Waals surface area contributed by atoms with Crippen molar-refractivity contribution in [2.45, 2.75) is 25.8 Å². The number of aryl methyl sites for hydroxylation is 3. The maximum Gasteiger partial charge on any atom is 0.281 e. The molecule has 0 saturated heterocycles. The van der Waals surface area contributed by atoms with Crippen LogP contribution in [-0.2, 0) is 10.0 Å². The average Bonchev–Trinajstić information content (AvgIpc) is 3.35. The summed E-state index contributed by atoms with van der Waals surface area (Å²) in [5, 5.41) is 0.573. The van der Waals surface area contributed by atoms with Crippen LogP contribution in [0.2, 0.25) is 0 Å². The molecule has 0 atom stereocenters. The highest BCUT2D eigenvalue weighted by Crippen LogP contribution is 2.34. The molecule has 5 aromatic rings. The highest BCUT2D eigenvalue weighted by molar-refractivity contribution is 7.90. The summed E-state index contributed by atoms with van der Waals surface area (Å²) in [4.78, 5) is 25.0. The third-order valence-corrected chi connectivity index (χ3v) is 7.26. The van der Waals surface area contributed by atoms with Crippen molar-refractivity contribution >= 4 is 32.7 Å². The average molecular weight is 528 g/mol. The van der Waals surface area contributed by atoms with Crippen molar-refractivity contribution in [3.05, 3.63) is 95.2 Å². The van der Waals surface area contributed by atoms with E-state index in [1.165, 1.54) is 24.3 Å². The Hall–Kier alpha value is -4.70. The first-order valence-electron chi connectivity index (χ1n) is 11.8. The molecule has 2 aromatic carbocycles. The summed E-state index contributed by atoms with van der Waals surface area (Å²) in [7, 11) is -4.30. The van der Waals surface area contributed by atoms with Crippen LogP contribution in [-0.4, -0.2) is 29.3 Å². The Morgan fingerprint density at radius 3 is 2.42 bits per heavy atom. The molecule has 9 nitrogen and oxygen atoms in total. The van der Waals surface area contributed by atoms with Gasteiger partial charge in [0.2, 0.25) is 5.88 Å². The number of hydrogen-bond acceptors (Lipinski definition) is 7. The van der Waals surface area contributed by atoms with Gasteiger partial charge in [0, 0.05) is 22.7 Å². The molecule has 10 heteroatoms. The molecule has 4 N–H and O–H groups in total. The second kappa shape index (κ2) is 9.64. The predicted molar refractivity (Wildman–Crippen MR) is 146 cm³/mol. The Morgan fingerprint density at radius 1 is 0.947 bits per heavy atom. The van der Waals surface area contributed by atoms with Gasteiger partial charge in [-0.25, -0.2) is 14.7 Å². The van der Waals surface area contributed by atoms with Crippen LogP contribution < -0.4 is 15.2 Å². The third-order valence-electron chi connectivity index (χ3n) is 6.03. The monoisotopic (exact) mass is 527 g/mol. The fraction of sp³-hybridized carbons (Fsp3) is 0.107. The van der Waals surface area contributed by atoms with Gasteiger partial charge in [-0.3, -0.25) is 4.79 Å². The van der Waals surface area contributed by atoms with Crippen LogP contribution in [0.5, 0.6) is 11.6 Å². The number of hydrogen-bond donors (Lipinski definition) is 3. The number of carbonyl (C=O) groups is 1. The van der Waals surface area contributed by atoms with Crippen molar-refractivity contribution in [1.82, 2.24) is 19.7 Å². The number of aromatic amines is 1. The van der Waals surface area contributed by atoms with E-state index in [4.69, 9.17) is 10.5 Å². The van der Waals surface area contributed by atoms with Gasteiger partial charge in [-0.15, -0.1) is 0 Å². The summed E-state index contributed by atoms with van der Waals surface area (Å²) in [6.45, 7) is 5.78. The van der Waals surface area contributed by atoms with E-state index in [9.17, 15) is 13.2 Å². The summed E-state index contributed by atoms with van der Waals surface area (Å²) in [5.74, 6) is -0.391. The number of sulfonamides is 1. The van der Waals surface area contributed by atoms with Crippen LogP contribution in [0, 0.1) is 20.8 Å². The van der Waals surface area contributed by atoms with E-state index in [1.807, 2.05) is 63.4 Å². The van der Waals surface area contributed by atoms with Crippen LogP contribution in [0.4, 0.5) is 5.82 Å². The van der Waals surface area contributed by atoms with E-state index in [0.29, 0.717) is 11.4 Å². The number of nitrogens with zero attached hydrogens (tertiary/aromatic N) is 2. The Labute approximate surface area is 219 Å². The molecule has 5 rings (SSSR count). The Bertz CT molecular complexity index is 1790. The molecule has 1 amide bonds. The van der Waals surface area contributed by atoms with Crippen molar-refractivity contribution in [3.63, 3.8) is 0 Å². The molecule has 3 aromatic heterocycles. The first-order valence-corrected chi connectivity index (χ1v) is 13.2. The number of anilines is 1. The van der Waals surface area contributed by atoms with Gasteiger partial charge in [-0.2, -0.15) is 8.42 Å². The van der Waals surface area contributed by atoms with Crippen LogP contribution in [0.1, 0.15) is 27.0 Å². The molecule has 3 heterocycles. The maximum absolute atomic E-state index is 13.3. The van der Waals surface area contributed by atoms with Crippen molar-refractivity contribution < 1.29 is 17.9 Å². The summed E-state index contributed by atoms with van der Waals surface area (Å²) in [6.07, 6.45) is 1.83. The first-order chi connectivity index (χ1) is 18.1. The fourth-order valence-electron chi connectivity index (χ4n) is 4.38. The lowest BCUT2D eigenvalue weighted by molar-refractivity contribution is 0.0978. The molecule has 192 valence electrons. The Kier molecular flexibility index (Phi) is 6.33. The Morgan fingerprint density at radius 2 is 1.68 bits per heavy atom. The van der Waals surface area contributed by atoms with Gasteiger partial charge >= 0.3 is 0 Å². The minimum absolute atomic E-state index is 0.0135. The SMILES string of the molecule is Cc1cc(C)c(Oc2nc(-c3cccc4[nH]ccc34)ccc2C(=O)NS(=O)(=O)c2cccc(N)n2)c(C)c1. The maximum atomic E-state index is 13.3. The van der Waals surface area contributed by atoms with Gasteiger partial charge in [0.1, 0.15) is 17.1 Å². The van der Waals surface area contributed by atoms with Crippen LogP contribution in [0.3, 0.4) is 0 Å². The zero-order chi connectivity index (χ0) is 27.0. The van der Waals surface area contributed by atoms with Crippen LogP contribution >= 0.6 is 0 Å². The molecular weight excluding hydrogens is 502 g/mol. The van der Waals surface area contributed by atoms with Crippen molar-refractivity contribution in [2.75, 3.05) is 5.73 Å². The van der Waals surface area contributed by atoms with Gasteiger partial charge in [0.25, 0.3) is 15.9 Å². The number of nitrogens with two attached hydrogens (primary N) is 1. The molecule has 0 aliphatic rings. The standard InChI is InChI=1S/C28H25N5O4S/c1-16-14-17(2)26(18(3)15-16)37-28-21(27(34)33-38(35,36)25-9-5-8-24(29)32-25)10-11-23(31-28)19-6-4-7-22-20(19)12-13-30-22/h4-15,30H,1-3H3,(H2,29,32)(H,33,34). The number of fused-ring (bicyclic) bond motifs is 1. The number of ether oxygens (including phenoxy) is 1. The number of H-pyrrole nitrogens is 1. The number of nitrogens with one attached hydrogen (secondary N) is 2. The highest BCUT2D eigenvalue weighted by atomic mass is 32.2. The van der Waals surface area contributed by atoms with Gasteiger partial charge in [-0.05, 0) is 68.3 Å². The number of pyridine rings is 2. The zero-order valence-electron chi connectivity index (χ0n) is 20.9. The minimum atomic E-state index is -4.30. The van der Waals surface area contributed by atoms with E-state index in [0.717, 1.165) is 33.2 Å². The molecule has 38 heavy (non-hydrogen) atoms. The number of amides is 1. The molecule has 0 unspecified atom stereocenters. The molecule has 0 fully saturated rings. The number of aromatic nitrogens is 3. The summed E-state index contributed by atoms with van der Waals surface area (Å²) in [6, 6.07) is 18.9. The fourth-order valence-corrected chi connectivity index (χ4v) is 5.33. The van der Waals surface area contributed by atoms with Crippen molar-refractivity contribution in [3.8, 4) is 22.9 Å². The number of carbonyl (C=O) groups excluding carboxylic acids is 1. The molecule has 0 radical (unpaired) electrons. The minimum Gasteiger partial charge on any atom is -0.438 e. The summed E-state index contributed by atoms with van der Waals surface area (Å²) < 4.78 is 34.0. The van der Waals surface area contributed by atoms with Gasteiger partial charge < -0.3 is 15.5 Å². The normalized spacial score (nSPS) is 11.4. The lowest BCUT2D eigenvalue weighted by Gasteiger charge is -2.16. The van der Waals surface area contributed by atoms with Gasteiger partial charge in [0.15, 0.2) is 5.03 Å². The molecule has 0 aliphatic carbocycles. The largest absolute Gasteiger partial charge is 0.438 e. The zero-order valence-corrected chi connectivity index (χ0v) is 21.8. The molecule has 0 aliphatic heterocycles. The lowest BCUT2D eigenvalue weighted by atomic mass is 10.1. The first kappa shape index (κ1) is 25.0. The smallest absolute Gasteiger partial charge is 0.281 e. The molecule has 0 bridgehead atoms. The van der Waals surface area contributed by atoms with Crippen molar-refractivity contribution in [2.24, 2.45) is 0 Å². The summed E-state index contributed by atoms with van der Waals surface area (Å²) >= 11 is 0. The predicted octanol–water partition coefficient (Wildman–Crippen LogP) is 5.04. The van der Waals surface area contributed by atoms with E-state index >= 15 is 0 Å². The highest BCUT2D eigenvalue weighted by Gasteiger charge is 2.25. The van der Waals surface area contributed by atoms with E-state index in [2.05, 4.69) is 19.7 Å². The second-order valence-corrected chi connectivity index (χ2v) is 10.6. The number of rotatable bonds is 6.